The number of carbonyl (C=O) groups excluding carboxylic acids is 2. The Labute approximate surface area is 78.5 Å². The van der Waals surface area contributed by atoms with Crippen molar-refractivity contribution in [3.63, 3.8) is 0 Å². The minimum atomic E-state index is -0.568. The lowest BCUT2D eigenvalue weighted by Crippen LogP contribution is -2.42. The fourth-order valence-corrected chi connectivity index (χ4v) is 0.714. The van der Waals surface area contributed by atoms with E-state index in [-0.39, 0.29) is 0 Å². The zero-order valence-electron chi connectivity index (χ0n) is 8.39. The number of nitrogens with zero attached hydrogens (tertiary/aromatic N) is 1. The van der Waals surface area contributed by atoms with Gasteiger partial charge in [-0.05, 0) is 21.0 Å². The van der Waals surface area contributed by atoms with E-state index < -0.39 is 11.8 Å². The zero-order chi connectivity index (χ0) is 10.3. The van der Waals surface area contributed by atoms with Gasteiger partial charge >= 0.3 is 11.8 Å². The highest BCUT2D eigenvalue weighted by Crippen LogP contribution is 1.72. The van der Waals surface area contributed by atoms with Crippen LogP contribution < -0.4 is 10.6 Å². The van der Waals surface area contributed by atoms with Gasteiger partial charge in [0.15, 0.2) is 0 Å². The largest absolute Gasteiger partial charge is 0.348 e. The predicted octanol–water partition coefficient (Wildman–Crippen LogP) is -1.20. The molecule has 0 aliphatic carbocycles. The van der Waals surface area contributed by atoms with Crippen LogP contribution in [-0.2, 0) is 9.59 Å². The van der Waals surface area contributed by atoms with Gasteiger partial charge in [0, 0.05) is 19.6 Å². The Balaban J connectivity index is 3.56. The minimum Gasteiger partial charge on any atom is -0.348 e. The van der Waals surface area contributed by atoms with E-state index in [9.17, 15) is 9.59 Å². The van der Waals surface area contributed by atoms with Gasteiger partial charge in [-0.3, -0.25) is 9.59 Å². The number of likely N-dealkylation sites (N-methyl/N-ethyl adjacent to an activating group) is 2. The van der Waals surface area contributed by atoms with E-state index in [4.69, 9.17) is 0 Å². The molecule has 0 atom stereocenters. The van der Waals surface area contributed by atoms with Crippen LogP contribution in [0.3, 0.4) is 0 Å². The van der Waals surface area contributed by atoms with Crippen molar-refractivity contribution in [2.75, 3.05) is 33.7 Å². The molecule has 0 aliphatic heterocycles. The third kappa shape index (κ3) is 6.10. The molecule has 13 heavy (non-hydrogen) atoms. The fraction of sp³-hybridized carbons (Fsp3) is 0.750. The smallest absolute Gasteiger partial charge is 0.309 e. The summed E-state index contributed by atoms with van der Waals surface area (Å²) in [7, 11) is 3.80. The summed E-state index contributed by atoms with van der Waals surface area (Å²) in [6.07, 6.45) is 0. The Bertz CT molecular complexity index is 180. The van der Waals surface area contributed by atoms with Crippen LogP contribution in [0.2, 0.25) is 0 Å². The highest BCUT2D eigenvalue weighted by molar-refractivity contribution is 6.35. The van der Waals surface area contributed by atoms with Gasteiger partial charge in [-0.25, -0.2) is 0 Å². The van der Waals surface area contributed by atoms with Gasteiger partial charge in [0.05, 0.1) is 0 Å². The molecule has 0 aromatic carbocycles. The van der Waals surface area contributed by atoms with E-state index in [0.717, 1.165) is 6.54 Å². The van der Waals surface area contributed by atoms with Crippen LogP contribution in [0.5, 0.6) is 0 Å². The first kappa shape index (κ1) is 11.9. The van der Waals surface area contributed by atoms with E-state index >= 15 is 0 Å². The molecule has 0 aliphatic rings. The molecule has 0 saturated carbocycles. The lowest BCUT2D eigenvalue weighted by atomic mass is 10.5. The summed E-state index contributed by atoms with van der Waals surface area (Å²) in [6.45, 7) is 3.46. The van der Waals surface area contributed by atoms with Crippen molar-refractivity contribution in [3.05, 3.63) is 0 Å². The lowest BCUT2D eigenvalue weighted by molar-refractivity contribution is -0.139. The number of amides is 2. The van der Waals surface area contributed by atoms with Crippen LogP contribution in [0.15, 0.2) is 0 Å². The highest BCUT2D eigenvalue weighted by atomic mass is 16.2. The van der Waals surface area contributed by atoms with Crippen LogP contribution in [0.25, 0.3) is 0 Å². The lowest BCUT2D eigenvalue weighted by Gasteiger charge is -2.09. The fourth-order valence-electron chi connectivity index (χ4n) is 0.714. The molecule has 0 aromatic rings. The number of carbonyl (C=O) groups is 2. The second-order valence-corrected chi connectivity index (χ2v) is 2.92. The van der Waals surface area contributed by atoms with Gasteiger partial charge in [-0.1, -0.05) is 0 Å². The second-order valence-electron chi connectivity index (χ2n) is 2.92. The first-order chi connectivity index (χ1) is 6.07. The summed E-state index contributed by atoms with van der Waals surface area (Å²) < 4.78 is 0. The predicted molar refractivity (Wildman–Crippen MR) is 50.2 cm³/mol. The maximum absolute atomic E-state index is 11.0. The Morgan fingerprint density at radius 2 is 1.69 bits per heavy atom. The molecule has 5 heteroatoms. The first-order valence-corrected chi connectivity index (χ1v) is 4.28. The SMILES string of the molecule is CCNC(=O)C(=O)NCCN(C)C. The van der Waals surface area contributed by atoms with Crippen LogP contribution in [-0.4, -0.2) is 50.4 Å². The van der Waals surface area contributed by atoms with E-state index in [1.54, 1.807) is 6.92 Å². The molecule has 0 spiro atoms. The molecule has 0 heterocycles. The average Bonchev–Trinajstić information content (AvgIpc) is 2.04. The van der Waals surface area contributed by atoms with E-state index in [0.29, 0.717) is 13.1 Å². The summed E-state index contributed by atoms with van der Waals surface area (Å²) in [6, 6.07) is 0. The van der Waals surface area contributed by atoms with Crippen molar-refractivity contribution in [2.24, 2.45) is 0 Å². The number of nitrogens with one attached hydrogen (secondary N) is 2. The molecule has 76 valence electrons. The van der Waals surface area contributed by atoms with Gasteiger partial charge in [0.25, 0.3) is 0 Å². The Kier molecular flexibility index (Phi) is 5.88. The zero-order valence-corrected chi connectivity index (χ0v) is 8.39. The third-order valence-corrected chi connectivity index (χ3v) is 1.39. The minimum absolute atomic E-state index is 0.472. The maximum Gasteiger partial charge on any atom is 0.309 e. The summed E-state index contributed by atoms with van der Waals surface area (Å²) in [4.78, 5) is 23.8. The first-order valence-electron chi connectivity index (χ1n) is 4.28. The van der Waals surface area contributed by atoms with Crippen molar-refractivity contribution >= 4 is 11.8 Å². The molecule has 0 rings (SSSR count). The average molecular weight is 187 g/mol. The number of hydrogen-bond acceptors (Lipinski definition) is 3. The Hall–Kier alpha value is -1.10. The van der Waals surface area contributed by atoms with Gasteiger partial charge in [-0.2, -0.15) is 0 Å². The molecule has 0 radical (unpaired) electrons. The van der Waals surface area contributed by atoms with Crippen molar-refractivity contribution in [1.82, 2.24) is 15.5 Å². The molecule has 2 N–H and O–H groups in total. The highest BCUT2D eigenvalue weighted by Gasteiger charge is 2.10. The maximum atomic E-state index is 11.0. The summed E-state index contributed by atoms with van der Waals surface area (Å²) >= 11 is 0. The summed E-state index contributed by atoms with van der Waals surface area (Å²) in [5, 5.41) is 4.92. The van der Waals surface area contributed by atoms with Crippen LogP contribution in [0.4, 0.5) is 0 Å². The standard InChI is InChI=1S/C8H17N3O2/c1-4-9-7(12)8(13)10-5-6-11(2)3/h4-6H2,1-3H3,(H,9,12)(H,10,13). The summed E-state index contributed by atoms with van der Waals surface area (Å²) in [5.41, 5.74) is 0. The molecule has 0 unspecified atom stereocenters. The molecular formula is C8H17N3O2. The molecule has 0 aromatic heterocycles. The van der Waals surface area contributed by atoms with Crippen molar-refractivity contribution in [1.29, 1.82) is 0 Å². The Morgan fingerprint density at radius 1 is 1.15 bits per heavy atom. The van der Waals surface area contributed by atoms with E-state index in [1.807, 2.05) is 19.0 Å². The van der Waals surface area contributed by atoms with Gasteiger partial charge in [-0.15, -0.1) is 0 Å². The van der Waals surface area contributed by atoms with Gasteiger partial charge in [0.2, 0.25) is 0 Å². The summed E-state index contributed by atoms with van der Waals surface area (Å²) in [5.74, 6) is -1.13. The molecule has 0 fully saturated rings. The number of hydrogen-bond donors (Lipinski definition) is 2. The Morgan fingerprint density at radius 3 is 2.15 bits per heavy atom. The second kappa shape index (κ2) is 6.42. The molecule has 5 nitrogen and oxygen atoms in total. The monoisotopic (exact) mass is 187 g/mol. The normalized spacial score (nSPS) is 9.85. The molecule has 0 bridgehead atoms. The third-order valence-electron chi connectivity index (χ3n) is 1.39. The topological polar surface area (TPSA) is 61.4 Å². The number of rotatable bonds is 4. The van der Waals surface area contributed by atoms with Crippen molar-refractivity contribution in [3.8, 4) is 0 Å². The van der Waals surface area contributed by atoms with Crippen molar-refractivity contribution < 1.29 is 9.59 Å². The van der Waals surface area contributed by atoms with Crippen LogP contribution in [0, 0.1) is 0 Å². The van der Waals surface area contributed by atoms with Crippen LogP contribution >= 0.6 is 0 Å². The quantitative estimate of drug-likeness (QED) is 0.543. The van der Waals surface area contributed by atoms with E-state index in [1.165, 1.54) is 0 Å². The van der Waals surface area contributed by atoms with Crippen molar-refractivity contribution in [2.45, 2.75) is 6.92 Å². The van der Waals surface area contributed by atoms with Gasteiger partial charge < -0.3 is 15.5 Å². The molecule has 0 saturated heterocycles. The van der Waals surface area contributed by atoms with Gasteiger partial charge in [0.1, 0.15) is 0 Å². The van der Waals surface area contributed by atoms with Crippen LogP contribution in [0.1, 0.15) is 6.92 Å². The molecular weight excluding hydrogens is 170 g/mol. The van der Waals surface area contributed by atoms with E-state index in [2.05, 4.69) is 10.6 Å². The molecule has 2 amide bonds.